The van der Waals surface area contributed by atoms with Gasteiger partial charge in [0, 0.05) is 24.0 Å². The smallest absolute Gasteiger partial charge is 0.253 e. The normalized spacial score (nSPS) is 23.3. The van der Waals surface area contributed by atoms with Gasteiger partial charge < -0.3 is 15.0 Å². The molecule has 4 nitrogen and oxygen atoms in total. The van der Waals surface area contributed by atoms with Gasteiger partial charge in [0.2, 0.25) is 0 Å². The van der Waals surface area contributed by atoms with Crippen LogP contribution in [0.5, 0.6) is 0 Å². The molecule has 1 saturated carbocycles. The fourth-order valence-electron chi connectivity index (χ4n) is 2.40. The molecule has 1 aromatic heterocycles. The van der Waals surface area contributed by atoms with E-state index in [1.54, 1.807) is 11.3 Å². The van der Waals surface area contributed by atoms with E-state index in [9.17, 15) is 4.79 Å². The molecular weight excluding hydrogens is 260 g/mol. The zero-order valence-electron chi connectivity index (χ0n) is 11.2. The summed E-state index contributed by atoms with van der Waals surface area (Å²) in [4.78, 5) is 15.9. The van der Waals surface area contributed by atoms with Crippen LogP contribution in [0.4, 0.5) is 0 Å². The summed E-state index contributed by atoms with van der Waals surface area (Å²) in [7, 11) is 0. The Morgan fingerprint density at radius 3 is 3.00 bits per heavy atom. The molecule has 2 fully saturated rings. The number of morpholine rings is 1. The van der Waals surface area contributed by atoms with Gasteiger partial charge in [-0.15, -0.1) is 11.3 Å². The van der Waals surface area contributed by atoms with Crippen LogP contribution in [0.15, 0.2) is 11.4 Å². The lowest BCUT2D eigenvalue weighted by atomic mass is 10.2. The monoisotopic (exact) mass is 280 g/mol. The van der Waals surface area contributed by atoms with Gasteiger partial charge in [-0.05, 0) is 36.8 Å². The highest BCUT2D eigenvalue weighted by atomic mass is 32.1. The molecule has 1 aliphatic carbocycles. The first-order valence-corrected chi connectivity index (χ1v) is 7.79. The van der Waals surface area contributed by atoms with E-state index in [1.807, 2.05) is 4.90 Å². The minimum Gasteiger partial charge on any atom is -0.366 e. The maximum Gasteiger partial charge on any atom is 0.253 e. The number of hydrogen-bond donors (Lipinski definition) is 1. The quantitative estimate of drug-likeness (QED) is 0.909. The van der Waals surface area contributed by atoms with Gasteiger partial charge in [0.05, 0.1) is 13.2 Å². The summed E-state index contributed by atoms with van der Waals surface area (Å²) >= 11 is 1.74. The molecule has 0 spiro atoms. The molecule has 19 heavy (non-hydrogen) atoms. The average Bonchev–Trinajstić information content (AvgIpc) is 3.20. The van der Waals surface area contributed by atoms with E-state index in [0.717, 1.165) is 25.9 Å². The van der Waals surface area contributed by atoms with Crippen molar-refractivity contribution in [3.8, 4) is 0 Å². The zero-order chi connectivity index (χ0) is 13.2. The summed E-state index contributed by atoms with van der Waals surface area (Å²) in [5, 5.41) is 5.33. The third-order valence-corrected chi connectivity index (χ3v) is 4.76. The number of nitrogens with one attached hydrogen (secondary N) is 1. The zero-order valence-corrected chi connectivity index (χ0v) is 12.0. The van der Waals surface area contributed by atoms with Gasteiger partial charge in [-0.1, -0.05) is 0 Å². The lowest BCUT2D eigenvalue weighted by Gasteiger charge is -2.29. The summed E-state index contributed by atoms with van der Waals surface area (Å²) in [5.41, 5.74) is 1.28. The van der Waals surface area contributed by atoms with Crippen molar-refractivity contribution in [2.24, 2.45) is 0 Å². The molecule has 1 N–H and O–H groups in total. The van der Waals surface area contributed by atoms with E-state index in [1.165, 1.54) is 10.4 Å². The van der Waals surface area contributed by atoms with Gasteiger partial charge in [-0.25, -0.2) is 0 Å². The summed E-state index contributed by atoms with van der Waals surface area (Å²) in [6.07, 6.45) is 1.97. The minimum absolute atomic E-state index is 0.155. The highest BCUT2D eigenvalue weighted by Crippen LogP contribution is 2.31. The fraction of sp³-hybridized carbons (Fsp3) is 0.643. The number of aryl methyl sites for hydroxylation is 1. The van der Waals surface area contributed by atoms with Crippen molar-refractivity contribution in [3.05, 3.63) is 21.9 Å². The largest absolute Gasteiger partial charge is 0.366 e. The lowest BCUT2D eigenvalue weighted by Crippen LogP contribution is -2.49. The van der Waals surface area contributed by atoms with E-state index < -0.39 is 0 Å². The van der Waals surface area contributed by atoms with Gasteiger partial charge in [-0.3, -0.25) is 4.79 Å². The molecular formula is C14H20N2O2S. The van der Waals surface area contributed by atoms with Crippen LogP contribution in [-0.4, -0.2) is 42.6 Å². The molecule has 1 amide bonds. The number of amides is 1. The second kappa shape index (κ2) is 5.61. The number of rotatable bonds is 4. The van der Waals surface area contributed by atoms with Crippen molar-refractivity contribution in [1.82, 2.24) is 10.2 Å². The van der Waals surface area contributed by atoms with Crippen LogP contribution >= 0.6 is 11.3 Å². The van der Waals surface area contributed by atoms with E-state index in [0.29, 0.717) is 19.2 Å². The van der Waals surface area contributed by atoms with Crippen LogP contribution in [-0.2, 0) is 16.1 Å². The predicted molar refractivity (Wildman–Crippen MR) is 75.2 cm³/mol. The Balaban J connectivity index is 1.70. The van der Waals surface area contributed by atoms with Crippen LogP contribution in [0.2, 0.25) is 0 Å². The first kappa shape index (κ1) is 13.1. The van der Waals surface area contributed by atoms with Crippen molar-refractivity contribution in [2.45, 2.75) is 38.5 Å². The Labute approximate surface area is 117 Å². The molecule has 2 heterocycles. The van der Waals surface area contributed by atoms with Gasteiger partial charge in [0.15, 0.2) is 0 Å². The fourth-order valence-corrected chi connectivity index (χ4v) is 3.31. The maximum absolute atomic E-state index is 12.6. The third-order valence-electron chi connectivity index (χ3n) is 3.76. The van der Waals surface area contributed by atoms with Crippen LogP contribution < -0.4 is 5.32 Å². The minimum atomic E-state index is -0.297. The molecule has 1 atom stereocenters. The van der Waals surface area contributed by atoms with Crippen molar-refractivity contribution in [3.63, 3.8) is 0 Å². The molecule has 2 aliphatic rings. The number of ether oxygens (including phenoxy) is 1. The van der Waals surface area contributed by atoms with Crippen LogP contribution in [0, 0.1) is 6.92 Å². The number of thiophene rings is 1. The van der Waals surface area contributed by atoms with Gasteiger partial charge in [0.25, 0.3) is 5.91 Å². The molecule has 0 unspecified atom stereocenters. The molecule has 5 heteroatoms. The lowest BCUT2D eigenvalue weighted by molar-refractivity contribution is -0.146. The number of hydrogen-bond acceptors (Lipinski definition) is 4. The van der Waals surface area contributed by atoms with Gasteiger partial charge in [0.1, 0.15) is 6.10 Å². The second-order valence-corrected chi connectivity index (χ2v) is 6.29. The SMILES string of the molecule is Cc1ccsc1CN(C(=O)[C@H]1CNCCO1)C1CC1. The summed E-state index contributed by atoms with van der Waals surface area (Å²) in [6.45, 7) is 4.97. The van der Waals surface area contributed by atoms with Crippen molar-refractivity contribution >= 4 is 17.2 Å². The topological polar surface area (TPSA) is 41.6 Å². The highest BCUT2D eigenvalue weighted by molar-refractivity contribution is 7.10. The maximum atomic E-state index is 12.6. The Hall–Kier alpha value is -0.910. The summed E-state index contributed by atoms with van der Waals surface area (Å²) in [5.74, 6) is 0.155. The predicted octanol–water partition coefficient (Wildman–Crippen LogP) is 1.54. The van der Waals surface area contributed by atoms with E-state index >= 15 is 0 Å². The molecule has 104 valence electrons. The number of nitrogens with zero attached hydrogens (tertiary/aromatic N) is 1. The third kappa shape index (κ3) is 2.99. The number of carbonyl (C=O) groups is 1. The first-order valence-electron chi connectivity index (χ1n) is 6.91. The molecule has 0 bridgehead atoms. The Morgan fingerprint density at radius 1 is 1.58 bits per heavy atom. The van der Waals surface area contributed by atoms with E-state index in [2.05, 4.69) is 23.7 Å². The molecule has 0 radical (unpaired) electrons. The van der Waals surface area contributed by atoms with E-state index in [-0.39, 0.29) is 12.0 Å². The standard InChI is InChI=1S/C14H20N2O2S/c1-10-4-7-19-13(10)9-16(11-2-3-11)14(17)12-8-15-5-6-18-12/h4,7,11-12,15H,2-3,5-6,8-9H2,1H3/t12-/m1/s1. The Kier molecular flexibility index (Phi) is 3.86. The molecule has 1 aliphatic heterocycles. The number of carbonyl (C=O) groups excluding carboxylic acids is 1. The van der Waals surface area contributed by atoms with Gasteiger partial charge >= 0.3 is 0 Å². The van der Waals surface area contributed by atoms with Crippen LogP contribution in [0.25, 0.3) is 0 Å². The second-order valence-electron chi connectivity index (χ2n) is 5.29. The van der Waals surface area contributed by atoms with E-state index in [4.69, 9.17) is 4.74 Å². The molecule has 3 rings (SSSR count). The Morgan fingerprint density at radius 2 is 2.42 bits per heavy atom. The van der Waals surface area contributed by atoms with Gasteiger partial charge in [-0.2, -0.15) is 0 Å². The van der Waals surface area contributed by atoms with Crippen molar-refractivity contribution < 1.29 is 9.53 Å². The van der Waals surface area contributed by atoms with Crippen molar-refractivity contribution in [2.75, 3.05) is 19.7 Å². The highest BCUT2D eigenvalue weighted by Gasteiger charge is 2.37. The van der Waals surface area contributed by atoms with Crippen LogP contribution in [0.3, 0.4) is 0 Å². The molecule has 0 aromatic carbocycles. The molecule has 1 saturated heterocycles. The summed E-state index contributed by atoms with van der Waals surface area (Å²) in [6, 6.07) is 2.55. The Bertz CT molecular complexity index is 450. The summed E-state index contributed by atoms with van der Waals surface area (Å²) < 4.78 is 5.60. The average molecular weight is 280 g/mol. The van der Waals surface area contributed by atoms with Crippen molar-refractivity contribution in [1.29, 1.82) is 0 Å². The molecule has 1 aromatic rings. The first-order chi connectivity index (χ1) is 9.25. The van der Waals surface area contributed by atoms with Crippen LogP contribution in [0.1, 0.15) is 23.3 Å².